The topological polar surface area (TPSA) is 68.0 Å². The van der Waals surface area contributed by atoms with Crippen LogP contribution in [0.4, 0.5) is 17.6 Å². The van der Waals surface area contributed by atoms with Crippen molar-refractivity contribution in [1.82, 2.24) is 19.2 Å². The van der Waals surface area contributed by atoms with Crippen LogP contribution in [0, 0.1) is 12.7 Å². The van der Waals surface area contributed by atoms with Crippen LogP contribution in [-0.2, 0) is 17.5 Å². The minimum absolute atomic E-state index is 0. The fourth-order valence-corrected chi connectivity index (χ4v) is 4.74. The zero-order valence-electron chi connectivity index (χ0n) is 24.3. The number of nitrogens with zero attached hydrogens (tertiary/aromatic N) is 3. The molecule has 0 spiro atoms. The number of alkyl halides is 3. The third-order valence-electron chi connectivity index (χ3n) is 6.47. The zero-order chi connectivity index (χ0) is 29.8. The van der Waals surface area contributed by atoms with Crippen LogP contribution in [-0.4, -0.2) is 51.6 Å². The number of hydrogen-bond donors (Lipinski definition) is 1. The zero-order valence-corrected chi connectivity index (χ0v) is 25.1. The van der Waals surface area contributed by atoms with Crippen molar-refractivity contribution in [3.05, 3.63) is 57.9 Å². The molecule has 0 saturated carbocycles. The third kappa shape index (κ3) is 8.48. The summed E-state index contributed by atoms with van der Waals surface area (Å²) in [5.74, 6) is -1.49. The van der Waals surface area contributed by atoms with E-state index in [2.05, 4.69) is 24.1 Å². The van der Waals surface area contributed by atoms with Crippen LogP contribution >= 0.6 is 12.4 Å². The molecule has 0 radical (unpaired) electrons. The van der Waals surface area contributed by atoms with E-state index in [0.717, 1.165) is 37.0 Å². The van der Waals surface area contributed by atoms with Crippen molar-refractivity contribution in [2.75, 3.05) is 26.2 Å². The molecule has 0 aliphatic carbocycles. The Morgan fingerprint density at radius 2 is 1.78 bits per heavy atom. The Morgan fingerprint density at radius 3 is 2.37 bits per heavy atom. The molecule has 2 heterocycles. The predicted molar refractivity (Wildman–Crippen MR) is 154 cm³/mol. The smallest absolute Gasteiger partial charge is 0.419 e. The van der Waals surface area contributed by atoms with Crippen molar-refractivity contribution in [1.29, 1.82) is 0 Å². The van der Waals surface area contributed by atoms with Gasteiger partial charge in [0.15, 0.2) is 0 Å². The molecule has 3 rings (SSSR count). The minimum Gasteiger partial charge on any atom is -0.492 e. The van der Waals surface area contributed by atoms with Crippen LogP contribution in [0.3, 0.4) is 0 Å². The molecule has 0 atom stereocenters. The van der Waals surface area contributed by atoms with Gasteiger partial charge in [0.2, 0.25) is 5.91 Å². The summed E-state index contributed by atoms with van der Waals surface area (Å²) in [7, 11) is 0. The first-order chi connectivity index (χ1) is 18.7. The first kappa shape index (κ1) is 34.2. The van der Waals surface area contributed by atoms with Gasteiger partial charge in [-0.1, -0.05) is 13.8 Å². The number of carbonyl (C=O) groups excluding carboxylic acids is 1. The number of aromatic nitrogens is 2. The molecule has 0 unspecified atom stereocenters. The number of amides is 1. The Bertz CT molecular complexity index is 1410. The predicted octanol–water partition coefficient (Wildman–Crippen LogP) is 6.07. The summed E-state index contributed by atoms with van der Waals surface area (Å²) in [5.41, 5.74) is -2.00. The number of fused-ring (bicyclic) bond motifs is 1. The third-order valence-corrected chi connectivity index (χ3v) is 6.47. The summed E-state index contributed by atoms with van der Waals surface area (Å²) in [5, 5.41) is 2.77. The van der Waals surface area contributed by atoms with Gasteiger partial charge in [0.05, 0.1) is 24.1 Å². The monoisotopic (exact) mass is 602 g/mol. The van der Waals surface area contributed by atoms with Gasteiger partial charge in [0.25, 0.3) is 5.56 Å². The Kier molecular flexibility index (Phi) is 11.4. The van der Waals surface area contributed by atoms with Crippen molar-refractivity contribution in [3.63, 3.8) is 0 Å². The summed E-state index contributed by atoms with van der Waals surface area (Å²) in [6.45, 7) is 14.0. The average Bonchev–Trinajstić information content (AvgIpc) is 3.28. The highest BCUT2D eigenvalue weighted by Gasteiger charge is 2.35. The summed E-state index contributed by atoms with van der Waals surface area (Å²) in [6.07, 6.45) is -1.50. The van der Waals surface area contributed by atoms with E-state index in [0.29, 0.717) is 30.2 Å². The summed E-state index contributed by atoms with van der Waals surface area (Å²) >= 11 is 0. The molecule has 0 aliphatic rings. The lowest BCUT2D eigenvalue weighted by Crippen LogP contribution is -2.44. The van der Waals surface area contributed by atoms with Gasteiger partial charge in [-0.15, -0.1) is 12.4 Å². The maximum atomic E-state index is 14.1. The van der Waals surface area contributed by atoms with Gasteiger partial charge in [0, 0.05) is 29.4 Å². The molecule has 0 fully saturated rings. The molecule has 228 valence electrons. The fourth-order valence-electron chi connectivity index (χ4n) is 4.74. The molecule has 7 nitrogen and oxygen atoms in total. The van der Waals surface area contributed by atoms with Crippen molar-refractivity contribution in [3.8, 4) is 17.0 Å². The van der Waals surface area contributed by atoms with Gasteiger partial charge in [0.1, 0.15) is 23.6 Å². The Hall–Kier alpha value is -3.05. The molecule has 12 heteroatoms. The second-order valence-electron chi connectivity index (χ2n) is 10.9. The molecule has 0 bridgehead atoms. The van der Waals surface area contributed by atoms with Gasteiger partial charge in [-0.25, -0.2) is 4.39 Å². The maximum Gasteiger partial charge on any atom is 0.419 e. The Labute approximate surface area is 243 Å². The van der Waals surface area contributed by atoms with Gasteiger partial charge >= 0.3 is 6.18 Å². The van der Waals surface area contributed by atoms with E-state index in [1.165, 1.54) is 10.5 Å². The Morgan fingerprint density at radius 1 is 1.10 bits per heavy atom. The molecule has 0 saturated heterocycles. The second kappa shape index (κ2) is 13.7. The highest BCUT2D eigenvalue weighted by Crippen LogP contribution is 2.35. The van der Waals surface area contributed by atoms with Crippen LogP contribution in [0.15, 0.2) is 35.3 Å². The minimum atomic E-state index is -4.94. The number of carbonyl (C=O) groups is 1. The summed E-state index contributed by atoms with van der Waals surface area (Å²) in [6, 6.07) is 4.12. The molecule has 41 heavy (non-hydrogen) atoms. The molecule has 2 aromatic heterocycles. The van der Waals surface area contributed by atoms with Crippen molar-refractivity contribution in [2.24, 2.45) is 0 Å². The number of benzene rings is 1. The van der Waals surface area contributed by atoms with Crippen LogP contribution < -0.4 is 15.6 Å². The van der Waals surface area contributed by atoms with E-state index < -0.39 is 41.1 Å². The highest BCUT2D eigenvalue weighted by atomic mass is 35.5. The molecule has 1 aromatic carbocycles. The van der Waals surface area contributed by atoms with Crippen LogP contribution in [0.25, 0.3) is 16.8 Å². The molecule has 3 aromatic rings. The standard InChI is InChI=1S/C29H38F4N4O3.ClH/c1-7-12-35(8-2)13-9-14-40-21-16-24-27(39)37(18-25(38)34-28(4,5)6)26(19(3)36(24)17-21)20-10-11-23(30)22(15-20)29(31,32)33;/h10-11,15-17H,7-9,12-14,18H2,1-6H3,(H,34,38);1H. The summed E-state index contributed by atoms with van der Waals surface area (Å²) in [4.78, 5) is 28.8. The highest BCUT2D eigenvalue weighted by molar-refractivity contribution is 5.85. The number of ether oxygens (including phenoxy) is 1. The molecule has 1 amide bonds. The lowest BCUT2D eigenvalue weighted by Gasteiger charge is -2.23. The summed E-state index contributed by atoms with van der Waals surface area (Å²) < 4.78 is 63.3. The molecule has 1 N–H and O–H groups in total. The van der Waals surface area contributed by atoms with E-state index in [4.69, 9.17) is 4.74 Å². The van der Waals surface area contributed by atoms with E-state index in [-0.39, 0.29) is 29.2 Å². The van der Waals surface area contributed by atoms with Gasteiger partial charge in [-0.2, -0.15) is 13.2 Å². The average molecular weight is 603 g/mol. The van der Waals surface area contributed by atoms with Crippen molar-refractivity contribution >= 4 is 23.8 Å². The molecular weight excluding hydrogens is 564 g/mol. The SMILES string of the molecule is CCCN(CC)CCCOc1cc2c(=O)n(CC(=O)NC(C)(C)C)c(-c3ccc(F)c(C(F)(F)F)c3)c(C)n2c1.Cl. The second-order valence-corrected chi connectivity index (χ2v) is 10.9. The molecule has 0 aliphatic heterocycles. The number of rotatable bonds is 11. The quantitative estimate of drug-likeness (QED) is 0.214. The lowest BCUT2D eigenvalue weighted by molar-refractivity contribution is -0.140. The first-order valence-electron chi connectivity index (χ1n) is 13.4. The van der Waals surface area contributed by atoms with Gasteiger partial charge in [-0.3, -0.25) is 14.2 Å². The number of halogens is 5. The van der Waals surface area contributed by atoms with Crippen LogP contribution in [0.1, 0.15) is 58.7 Å². The normalized spacial score (nSPS) is 12.1. The van der Waals surface area contributed by atoms with Crippen molar-refractivity contribution in [2.45, 2.75) is 72.6 Å². The number of aryl methyl sites for hydroxylation is 1. The Balaban J connectivity index is 0.00000588. The first-order valence-corrected chi connectivity index (χ1v) is 13.4. The van der Waals surface area contributed by atoms with E-state index in [1.807, 2.05) is 0 Å². The lowest BCUT2D eigenvalue weighted by atomic mass is 10.0. The largest absolute Gasteiger partial charge is 0.492 e. The van der Waals surface area contributed by atoms with E-state index in [9.17, 15) is 27.2 Å². The van der Waals surface area contributed by atoms with Gasteiger partial charge in [-0.05, 0) is 71.8 Å². The number of nitrogens with one attached hydrogen (secondary N) is 1. The maximum absolute atomic E-state index is 14.1. The van der Waals surface area contributed by atoms with Gasteiger partial charge < -0.3 is 19.4 Å². The van der Waals surface area contributed by atoms with Crippen LogP contribution in [0.2, 0.25) is 0 Å². The van der Waals surface area contributed by atoms with E-state index >= 15 is 0 Å². The molecular formula is C29H39ClF4N4O3. The van der Waals surface area contributed by atoms with Crippen molar-refractivity contribution < 1.29 is 27.1 Å². The number of hydrogen-bond acceptors (Lipinski definition) is 4. The van der Waals surface area contributed by atoms with Crippen LogP contribution in [0.5, 0.6) is 5.75 Å². The van der Waals surface area contributed by atoms with E-state index in [1.54, 1.807) is 40.0 Å². The fraction of sp³-hybridized carbons (Fsp3) is 0.517.